The van der Waals surface area contributed by atoms with Gasteiger partial charge in [-0.1, -0.05) is 24.9 Å². The number of carbonyl (C=O) groups excluding carboxylic acids is 1. The molecule has 6 nitrogen and oxygen atoms in total. The van der Waals surface area contributed by atoms with Crippen LogP contribution in [0.2, 0.25) is 5.02 Å². The van der Waals surface area contributed by atoms with Crippen molar-refractivity contribution in [1.82, 2.24) is 10.0 Å². The van der Waals surface area contributed by atoms with Crippen LogP contribution in [0.3, 0.4) is 0 Å². The molecule has 0 bridgehead atoms. The van der Waals surface area contributed by atoms with Gasteiger partial charge in [-0.25, -0.2) is 8.42 Å². The second-order valence-electron chi connectivity index (χ2n) is 5.34. The third-order valence-electron chi connectivity index (χ3n) is 3.27. The molecule has 0 aliphatic rings. The maximum Gasteiger partial charge on any atom is 0.241 e. The third-order valence-corrected chi connectivity index (χ3v) is 5.10. The molecule has 1 aromatic rings. The normalized spacial score (nSPS) is 14.1. The van der Waals surface area contributed by atoms with E-state index in [0.717, 1.165) is 12.8 Å². The number of sulfonamides is 1. The highest BCUT2D eigenvalue weighted by atomic mass is 35.5. The predicted molar refractivity (Wildman–Crippen MR) is 90.3 cm³/mol. The first kappa shape index (κ1) is 19.7. The van der Waals surface area contributed by atoms with Crippen LogP contribution < -0.4 is 14.8 Å². The van der Waals surface area contributed by atoms with E-state index in [-0.39, 0.29) is 21.9 Å². The molecule has 0 fully saturated rings. The summed E-state index contributed by atoms with van der Waals surface area (Å²) < 4.78 is 32.0. The zero-order chi connectivity index (χ0) is 17.6. The number of amides is 1. The summed E-state index contributed by atoms with van der Waals surface area (Å²) in [7, 11) is -2.41. The van der Waals surface area contributed by atoms with E-state index >= 15 is 0 Å². The number of halogens is 1. The van der Waals surface area contributed by atoms with E-state index in [1.807, 2.05) is 13.8 Å². The second-order valence-corrected chi connectivity index (χ2v) is 7.46. The minimum Gasteiger partial charge on any atom is -0.495 e. The summed E-state index contributed by atoms with van der Waals surface area (Å²) in [5.74, 6) is 0.0129. The van der Waals surface area contributed by atoms with Crippen LogP contribution in [0.5, 0.6) is 5.75 Å². The summed E-state index contributed by atoms with van der Waals surface area (Å²) in [5.41, 5.74) is 0. The van der Waals surface area contributed by atoms with E-state index in [9.17, 15) is 13.2 Å². The molecule has 2 N–H and O–H groups in total. The van der Waals surface area contributed by atoms with Crippen LogP contribution in [-0.4, -0.2) is 33.5 Å². The smallest absolute Gasteiger partial charge is 0.241 e. The van der Waals surface area contributed by atoms with Crippen LogP contribution >= 0.6 is 11.6 Å². The van der Waals surface area contributed by atoms with Crippen LogP contribution in [0, 0.1) is 0 Å². The maximum absolute atomic E-state index is 12.3. The Morgan fingerprint density at radius 1 is 1.35 bits per heavy atom. The van der Waals surface area contributed by atoms with Crippen molar-refractivity contribution < 1.29 is 17.9 Å². The van der Waals surface area contributed by atoms with E-state index < -0.39 is 16.1 Å². The highest BCUT2D eigenvalue weighted by molar-refractivity contribution is 7.89. The molecule has 1 aromatic carbocycles. The number of rotatable bonds is 8. The van der Waals surface area contributed by atoms with Gasteiger partial charge in [0.15, 0.2) is 0 Å². The Morgan fingerprint density at radius 3 is 2.52 bits per heavy atom. The van der Waals surface area contributed by atoms with Crippen molar-refractivity contribution in [2.75, 3.05) is 7.11 Å². The molecule has 0 aromatic heterocycles. The summed E-state index contributed by atoms with van der Waals surface area (Å²) in [6, 6.07) is 3.23. The lowest BCUT2D eigenvalue weighted by atomic mass is 10.2. The molecular formula is C15H23ClN2O4S. The van der Waals surface area contributed by atoms with Crippen molar-refractivity contribution in [2.45, 2.75) is 50.6 Å². The topological polar surface area (TPSA) is 84.5 Å². The summed E-state index contributed by atoms with van der Waals surface area (Å²) >= 11 is 5.94. The van der Waals surface area contributed by atoms with Gasteiger partial charge in [0.1, 0.15) is 5.75 Å². The number of ether oxygens (including phenoxy) is 1. The van der Waals surface area contributed by atoms with Crippen LogP contribution in [-0.2, 0) is 14.8 Å². The quantitative estimate of drug-likeness (QED) is 0.743. The molecule has 1 rings (SSSR count). The standard InChI is InChI=1S/C15H23ClN2O4S/c1-5-6-10(2)17-15(19)11(3)18-23(20,21)12-7-8-14(22-4)13(16)9-12/h7-11,18H,5-6H2,1-4H3,(H,17,19)/t10-,11+/m0/s1. The summed E-state index contributed by atoms with van der Waals surface area (Å²) in [5, 5.41) is 2.96. The van der Waals surface area contributed by atoms with Gasteiger partial charge in [-0.15, -0.1) is 0 Å². The highest BCUT2D eigenvalue weighted by Gasteiger charge is 2.23. The van der Waals surface area contributed by atoms with Crippen LogP contribution in [0.1, 0.15) is 33.6 Å². The van der Waals surface area contributed by atoms with Crippen molar-refractivity contribution in [3.8, 4) is 5.75 Å². The van der Waals surface area contributed by atoms with E-state index in [1.165, 1.54) is 32.2 Å². The van der Waals surface area contributed by atoms with Crippen molar-refractivity contribution in [3.63, 3.8) is 0 Å². The lowest BCUT2D eigenvalue weighted by molar-refractivity contribution is -0.123. The molecule has 0 aliphatic carbocycles. The van der Waals surface area contributed by atoms with Crippen molar-refractivity contribution in [2.24, 2.45) is 0 Å². The lowest BCUT2D eigenvalue weighted by Crippen LogP contribution is -2.47. The van der Waals surface area contributed by atoms with Crippen LogP contribution in [0.15, 0.2) is 23.1 Å². The maximum atomic E-state index is 12.3. The Bertz CT molecular complexity index is 649. The van der Waals surface area contributed by atoms with E-state index in [1.54, 1.807) is 0 Å². The Morgan fingerprint density at radius 2 is 2.00 bits per heavy atom. The number of hydrogen-bond donors (Lipinski definition) is 2. The molecule has 0 aliphatic heterocycles. The molecule has 1 amide bonds. The largest absolute Gasteiger partial charge is 0.495 e. The fourth-order valence-electron chi connectivity index (χ4n) is 2.04. The summed E-state index contributed by atoms with van der Waals surface area (Å²) in [6.45, 7) is 5.39. The van der Waals surface area contributed by atoms with E-state index in [2.05, 4.69) is 10.0 Å². The molecule has 0 unspecified atom stereocenters. The fourth-order valence-corrected chi connectivity index (χ4v) is 3.59. The van der Waals surface area contributed by atoms with E-state index in [0.29, 0.717) is 5.75 Å². The van der Waals surface area contributed by atoms with Gasteiger partial charge in [-0.3, -0.25) is 4.79 Å². The lowest BCUT2D eigenvalue weighted by Gasteiger charge is -2.18. The molecule has 23 heavy (non-hydrogen) atoms. The minimum absolute atomic E-state index is 0.00474. The van der Waals surface area contributed by atoms with Gasteiger partial charge < -0.3 is 10.1 Å². The number of hydrogen-bond acceptors (Lipinski definition) is 4. The summed E-state index contributed by atoms with van der Waals surface area (Å²) in [4.78, 5) is 12.0. The average Bonchev–Trinajstić information content (AvgIpc) is 2.46. The molecule has 0 saturated carbocycles. The van der Waals surface area contributed by atoms with Gasteiger partial charge in [-0.2, -0.15) is 4.72 Å². The fraction of sp³-hybridized carbons (Fsp3) is 0.533. The SMILES string of the molecule is CCC[C@H](C)NC(=O)[C@@H](C)NS(=O)(=O)c1ccc(OC)c(Cl)c1. The van der Waals surface area contributed by atoms with Gasteiger partial charge in [-0.05, 0) is 38.5 Å². The predicted octanol–water partition coefficient (Wildman–Crippen LogP) is 2.32. The Hall–Kier alpha value is -1.31. The first-order chi connectivity index (χ1) is 10.7. The monoisotopic (exact) mass is 362 g/mol. The van der Waals surface area contributed by atoms with Crippen molar-refractivity contribution >= 4 is 27.5 Å². The van der Waals surface area contributed by atoms with Gasteiger partial charge in [0.05, 0.1) is 23.1 Å². The van der Waals surface area contributed by atoms with Gasteiger partial charge >= 0.3 is 0 Å². The number of benzene rings is 1. The number of carbonyl (C=O) groups is 1. The highest BCUT2D eigenvalue weighted by Crippen LogP contribution is 2.26. The molecular weight excluding hydrogens is 340 g/mol. The number of nitrogens with one attached hydrogen (secondary N) is 2. The van der Waals surface area contributed by atoms with Gasteiger partial charge in [0, 0.05) is 6.04 Å². The summed E-state index contributed by atoms with van der Waals surface area (Å²) in [6.07, 6.45) is 1.77. The molecule has 0 radical (unpaired) electrons. The van der Waals surface area contributed by atoms with Gasteiger partial charge in [0.2, 0.25) is 15.9 Å². The van der Waals surface area contributed by atoms with Crippen LogP contribution in [0.4, 0.5) is 0 Å². The molecule has 2 atom stereocenters. The molecule has 130 valence electrons. The Labute approximate surface area is 142 Å². The first-order valence-electron chi connectivity index (χ1n) is 7.37. The number of methoxy groups -OCH3 is 1. The second kappa shape index (κ2) is 8.52. The Kier molecular flexibility index (Phi) is 7.31. The zero-order valence-electron chi connectivity index (χ0n) is 13.7. The minimum atomic E-state index is -3.85. The van der Waals surface area contributed by atoms with Crippen molar-refractivity contribution in [3.05, 3.63) is 23.2 Å². The van der Waals surface area contributed by atoms with Gasteiger partial charge in [0.25, 0.3) is 0 Å². The first-order valence-corrected chi connectivity index (χ1v) is 9.23. The molecule has 0 heterocycles. The van der Waals surface area contributed by atoms with Crippen LogP contribution in [0.25, 0.3) is 0 Å². The molecule has 8 heteroatoms. The zero-order valence-corrected chi connectivity index (χ0v) is 15.3. The van der Waals surface area contributed by atoms with Crippen molar-refractivity contribution in [1.29, 1.82) is 0 Å². The van der Waals surface area contributed by atoms with E-state index in [4.69, 9.17) is 16.3 Å². The Balaban J connectivity index is 2.81. The molecule has 0 saturated heterocycles. The molecule has 0 spiro atoms. The average molecular weight is 363 g/mol. The third kappa shape index (κ3) is 5.67.